The number of ether oxygens (including phenoxy) is 1. The SMILES string of the molecule is [2H]C([2H])([2H])NC(=O)c1nnc(NC(=O)C2CC2)cc1Nc1cccc(-c2ncc(CC(=O)NCCCN(C)C)s2)c1OC. The molecule has 40 heavy (non-hydrogen) atoms. The maximum atomic E-state index is 12.8. The predicted octanol–water partition coefficient (Wildman–Crippen LogP) is 2.67. The van der Waals surface area contributed by atoms with Gasteiger partial charge in [0, 0.05) is 40.7 Å². The van der Waals surface area contributed by atoms with Gasteiger partial charge in [-0.3, -0.25) is 14.4 Å². The summed E-state index contributed by atoms with van der Waals surface area (Å²) in [6, 6.07) is 6.67. The van der Waals surface area contributed by atoms with Gasteiger partial charge < -0.3 is 30.9 Å². The molecule has 0 spiro atoms. The molecule has 1 aromatic carbocycles. The van der Waals surface area contributed by atoms with Crippen LogP contribution in [0.3, 0.4) is 0 Å². The minimum Gasteiger partial charge on any atom is -0.494 e. The van der Waals surface area contributed by atoms with Gasteiger partial charge in [-0.25, -0.2) is 4.98 Å². The first kappa shape index (κ1) is 24.9. The number of methoxy groups -OCH3 is 1. The van der Waals surface area contributed by atoms with Crippen molar-refractivity contribution in [3.05, 3.63) is 41.0 Å². The molecule has 0 aliphatic heterocycles. The Morgan fingerprint density at radius 1 is 1.20 bits per heavy atom. The van der Waals surface area contributed by atoms with Crippen molar-refractivity contribution in [2.24, 2.45) is 5.92 Å². The fourth-order valence-electron chi connectivity index (χ4n) is 3.88. The van der Waals surface area contributed by atoms with Crippen LogP contribution in [0.1, 0.15) is 38.7 Å². The number of rotatable bonds is 13. The number of aromatic nitrogens is 3. The van der Waals surface area contributed by atoms with Gasteiger partial charge in [0.05, 0.1) is 30.5 Å². The number of benzene rings is 1. The fraction of sp³-hybridized carbons (Fsp3) is 0.407. The molecule has 12 nitrogen and oxygen atoms in total. The molecule has 2 heterocycles. The van der Waals surface area contributed by atoms with E-state index in [0.29, 0.717) is 28.6 Å². The molecule has 1 saturated carbocycles. The highest BCUT2D eigenvalue weighted by Crippen LogP contribution is 2.40. The number of anilines is 3. The third-order valence-corrected chi connectivity index (χ3v) is 7.06. The second-order valence-electron chi connectivity index (χ2n) is 9.54. The maximum Gasteiger partial charge on any atom is 0.273 e. The summed E-state index contributed by atoms with van der Waals surface area (Å²) in [5.74, 6) is -0.875. The van der Waals surface area contributed by atoms with Gasteiger partial charge in [0.2, 0.25) is 11.8 Å². The summed E-state index contributed by atoms with van der Waals surface area (Å²) in [7, 11) is 5.44. The Labute approximate surface area is 241 Å². The van der Waals surface area contributed by atoms with E-state index in [1.165, 1.54) is 24.5 Å². The van der Waals surface area contributed by atoms with Crippen LogP contribution in [-0.4, -0.2) is 79.1 Å². The van der Waals surface area contributed by atoms with Crippen LogP contribution in [0.4, 0.5) is 17.2 Å². The zero-order valence-electron chi connectivity index (χ0n) is 25.5. The lowest BCUT2D eigenvalue weighted by Crippen LogP contribution is -2.28. The number of carbonyl (C=O) groups excluding carboxylic acids is 3. The van der Waals surface area contributed by atoms with Crippen molar-refractivity contribution in [3.8, 4) is 16.3 Å². The zero-order valence-corrected chi connectivity index (χ0v) is 23.4. The minimum atomic E-state index is -2.75. The van der Waals surface area contributed by atoms with Gasteiger partial charge in [-0.15, -0.1) is 21.5 Å². The highest BCUT2D eigenvalue weighted by Gasteiger charge is 2.30. The number of nitrogens with one attached hydrogen (secondary N) is 4. The lowest BCUT2D eigenvalue weighted by Gasteiger charge is -2.16. The van der Waals surface area contributed by atoms with E-state index in [-0.39, 0.29) is 41.4 Å². The van der Waals surface area contributed by atoms with Crippen molar-refractivity contribution in [3.63, 3.8) is 0 Å². The molecule has 0 unspecified atom stereocenters. The summed E-state index contributed by atoms with van der Waals surface area (Å²) in [6.45, 7) is -1.28. The molecular formula is C27H34N8O4S. The Morgan fingerprint density at radius 2 is 2.02 bits per heavy atom. The molecule has 0 bridgehead atoms. The van der Waals surface area contributed by atoms with Gasteiger partial charge in [0.25, 0.3) is 5.91 Å². The molecule has 4 rings (SSSR count). The first-order valence-electron chi connectivity index (χ1n) is 14.2. The quantitative estimate of drug-likeness (QED) is 0.228. The molecule has 0 atom stereocenters. The van der Waals surface area contributed by atoms with E-state index in [4.69, 9.17) is 8.85 Å². The van der Waals surface area contributed by atoms with Crippen molar-refractivity contribution >= 4 is 46.3 Å². The monoisotopic (exact) mass is 569 g/mol. The average molecular weight is 570 g/mol. The first-order valence-corrected chi connectivity index (χ1v) is 13.6. The van der Waals surface area contributed by atoms with Crippen LogP contribution in [0.25, 0.3) is 10.6 Å². The van der Waals surface area contributed by atoms with Gasteiger partial charge in [0.1, 0.15) is 5.01 Å². The average Bonchev–Trinajstić information content (AvgIpc) is 3.69. The van der Waals surface area contributed by atoms with E-state index in [2.05, 4.69) is 36.0 Å². The van der Waals surface area contributed by atoms with Crippen LogP contribution in [-0.2, 0) is 16.0 Å². The fourth-order valence-corrected chi connectivity index (χ4v) is 4.81. The Hall–Kier alpha value is -4.10. The van der Waals surface area contributed by atoms with Crippen LogP contribution in [0, 0.1) is 5.92 Å². The summed E-state index contributed by atoms with van der Waals surface area (Å²) in [5.41, 5.74) is 0.865. The number of carbonyl (C=O) groups is 3. The Balaban J connectivity index is 1.57. The predicted molar refractivity (Wildman–Crippen MR) is 154 cm³/mol. The molecule has 13 heteroatoms. The Morgan fingerprint density at radius 3 is 2.75 bits per heavy atom. The molecule has 3 amide bonds. The number of thiazole rings is 1. The van der Waals surface area contributed by atoms with E-state index >= 15 is 0 Å². The molecule has 1 aliphatic carbocycles. The van der Waals surface area contributed by atoms with Crippen molar-refractivity contribution in [2.45, 2.75) is 25.7 Å². The van der Waals surface area contributed by atoms with Crippen molar-refractivity contribution in [2.75, 3.05) is 51.9 Å². The highest BCUT2D eigenvalue weighted by molar-refractivity contribution is 7.15. The highest BCUT2D eigenvalue weighted by atomic mass is 32.1. The number of nitrogens with zero attached hydrogens (tertiary/aromatic N) is 4. The standard InChI is InChI=1S/C27H34N8O4S/c1-28-26(38)23-20(14-21(33-34-23)32-25(37)16-9-10-16)31-19-8-5-7-18(24(19)39-4)27-30-15-17(40-27)13-22(36)29-11-6-12-35(2)3/h5,7-8,14-16H,6,9-13H2,1-4H3,(H,28,38)(H,29,36)(H2,31,32,33,37)/i1D3. The van der Waals surface area contributed by atoms with Crippen LogP contribution in [0.15, 0.2) is 30.5 Å². The van der Waals surface area contributed by atoms with Crippen LogP contribution >= 0.6 is 11.3 Å². The third-order valence-electron chi connectivity index (χ3n) is 6.03. The molecule has 0 radical (unpaired) electrons. The van der Waals surface area contributed by atoms with Gasteiger partial charge in [0.15, 0.2) is 17.3 Å². The molecular weight excluding hydrogens is 532 g/mol. The summed E-state index contributed by atoms with van der Waals surface area (Å²) >= 11 is 1.35. The number of hydrogen-bond acceptors (Lipinski definition) is 10. The molecule has 212 valence electrons. The third kappa shape index (κ3) is 7.51. The van der Waals surface area contributed by atoms with E-state index in [0.717, 1.165) is 30.7 Å². The lowest BCUT2D eigenvalue weighted by atomic mass is 10.1. The largest absolute Gasteiger partial charge is 0.494 e. The second kappa shape index (κ2) is 13.3. The normalized spacial score (nSPS) is 14.1. The molecule has 1 aliphatic rings. The van der Waals surface area contributed by atoms with E-state index in [1.54, 1.807) is 18.3 Å². The van der Waals surface area contributed by atoms with Gasteiger partial charge in [-0.1, -0.05) is 6.07 Å². The molecule has 3 aromatic rings. The smallest absolute Gasteiger partial charge is 0.273 e. The van der Waals surface area contributed by atoms with Crippen LogP contribution in [0.5, 0.6) is 5.75 Å². The molecule has 4 N–H and O–H groups in total. The van der Waals surface area contributed by atoms with Crippen molar-refractivity contribution in [1.82, 2.24) is 30.7 Å². The van der Waals surface area contributed by atoms with Crippen molar-refractivity contribution in [1.29, 1.82) is 0 Å². The van der Waals surface area contributed by atoms with E-state index < -0.39 is 12.9 Å². The Kier molecular flexibility index (Phi) is 8.29. The second-order valence-corrected chi connectivity index (χ2v) is 10.7. The summed E-state index contributed by atoms with van der Waals surface area (Å²) in [5, 5.41) is 19.0. The summed E-state index contributed by atoms with van der Waals surface area (Å²) in [4.78, 5) is 44.8. The molecule has 1 fully saturated rings. The number of amides is 3. The van der Waals surface area contributed by atoms with Gasteiger partial charge >= 0.3 is 0 Å². The molecule has 0 saturated heterocycles. The van der Waals surface area contributed by atoms with Crippen LogP contribution < -0.4 is 26.0 Å². The molecule has 2 aromatic heterocycles. The Bertz CT molecular complexity index is 1480. The van der Waals surface area contributed by atoms with Gasteiger partial charge in [-0.2, -0.15) is 0 Å². The van der Waals surface area contributed by atoms with Crippen molar-refractivity contribution < 1.29 is 23.2 Å². The maximum absolute atomic E-state index is 12.8. The lowest BCUT2D eigenvalue weighted by molar-refractivity contribution is -0.120. The first-order chi connectivity index (χ1) is 20.4. The number of hydrogen-bond donors (Lipinski definition) is 4. The number of para-hydroxylation sites is 1. The zero-order chi connectivity index (χ0) is 31.1. The van der Waals surface area contributed by atoms with Gasteiger partial charge in [-0.05, 0) is 52.0 Å². The van der Waals surface area contributed by atoms with Crippen LogP contribution in [0.2, 0.25) is 0 Å². The minimum absolute atomic E-state index is 0.0889. The van der Waals surface area contributed by atoms with E-state index in [1.807, 2.05) is 25.5 Å². The summed E-state index contributed by atoms with van der Waals surface area (Å²) in [6.07, 6.45) is 4.27. The summed E-state index contributed by atoms with van der Waals surface area (Å²) < 4.78 is 27.9. The van der Waals surface area contributed by atoms with E-state index in [9.17, 15) is 14.4 Å². The topological polar surface area (TPSA) is 150 Å².